The van der Waals surface area contributed by atoms with Gasteiger partial charge < -0.3 is 20.4 Å². The number of allylic oxidation sites excluding steroid dienone is 6. The molecule has 0 bridgehead atoms. The van der Waals surface area contributed by atoms with Crippen LogP contribution in [0.5, 0.6) is 23.0 Å². The van der Waals surface area contributed by atoms with Crippen LogP contribution >= 0.6 is 0 Å². The topological polar surface area (TPSA) is 98.0 Å². The van der Waals surface area contributed by atoms with Crippen molar-refractivity contribution in [3.05, 3.63) is 81.5 Å². The van der Waals surface area contributed by atoms with Crippen LogP contribution < -0.4 is 0 Å². The lowest BCUT2D eigenvalue weighted by molar-refractivity contribution is 0.0960. The van der Waals surface area contributed by atoms with Crippen LogP contribution in [-0.2, 0) is 12.8 Å². The molecule has 2 aromatic carbocycles. The van der Waals surface area contributed by atoms with Crippen LogP contribution in [0.15, 0.2) is 59.2 Å². The van der Waals surface area contributed by atoms with Gasteiger partial charge >= 0.3 is 0 Å². The van der Waals surface area contributed by atoms with Crippen molar-refractivity contribution in [3.8, 4) is 23.0 Å². The number of aromatic hydroxyl groups is 4. The van der Waals surface area contributed by atoms with Crippen molar-refractivity contribution < 1.29 is 25.2 Å². The Bertz CT molecular complexity index is 1210. The largest absolute Gasteiger partial charge is 0.508 e. The summed E-state index contributed by atoms with van der Waals surface area (Å²) in [6, 6.07) is 5.63. The number of phenolic OH excluding ortho intramolecular Hbond substituents is 4. The van der Waals surface area contributed by atoms with Crippen molar-refractivity contribution in [2.45, 2.75) is 78.6 Å². The molecule has 4 N–H and O–H groups in total. The number of benzene rings is 2. The number of hydrogen-bond donors (Lipinski definition) is 4. The van der Waals surface area contributed by atoms with E-state index < -0.39 is 0 Å². The van der Waals surface area contributed by atoms with Crippen LogP contribution in [0.3, 0.4) is 0 Å². The van der Waals surface area contributed by atoms with E-state index in [1.165, 1.54) is 34.9 Å². The van der Waals surface area contributed by atoms with E-state index in [2.05, 4.69) is 45.9 Å². The predicted octanol–water partition coefficient (Wildman–Crippen LogP) is 7.38. The van der Waals surface area contributed by atoms with Gasteiger partial charge in [0, 0.05) is 24.1 Å². The predicted molar refractivity (Wildman–Crippen MR) is 144 cm³/mol. The van der Waals surface area contributed by atoms with Crippen LogP contribution in [0.4, 0.5) is 0 Å². The number of carbonyl (C=O) groups excluding carboxylic acids is 1. The first-order chi connectivity index (χ1) is 17.1. The van der Waals surface area contributed by atoms with Crippen LogP contribution in [0, 0.1) is 0 Å². The van der Waals surface area contributed by atoms with Crippen molar-refractivity contribution in [2.75, 3.05) is 0 Å². The van der Waals surface area contributed by atoms with Crippen molar-refractivity contribution in [1.82, 2.24) is 0 Å². The number of phenols is 4. The van der Waals surface area contributed by atoms with Crippen LogP contribution in [-0.4, -0.2) is 26.2 Å². The molecule has 5 nitrogen and oxygen atoms in total. The summed E-state index contributed by atoms with van der Waals surface area (Å²) in [6.45, 7) is 8.46. The average Bonchev–Trinajstić information content (AvgIpc) is 2.78. The molecule has 1 aliphatic carbocycles. The van der Waals surface area contributed by atoms with Gasteiger partial charge in [0.15, 0.2) is 5.78 Å². The summed E-state index contributed by atoms with van der Waals surface area (Å²) >= 11 is 0. The van der Waals surface area contributed by atoms with E-state index in [4.69, 9.17) is 0 Å². The maximum absolute atomic E-state index is 13.0. The molecule has 1 aliphatic rings. The third-order valence-electron chi connectivity index (χ3n) is 6.90. The molecule has 0 aromatic heterocycles. The Hall–Kier alpha value is -3.47. The number of fused-ring (bicyclic) bond motifs is 1. The lowest BCUT2D eigenvalue weighted by Gasteiger charge is -2.27. The highest BCUT2D eigenvalue weighted by atomic mass is 16.3. The highest BCUT2D eigenvalue weighted by Crippen LogP contribution is 2.44. The van der Waals surface area contributed by atoms with Crippen molar-refractivity contribution in [2.24, 2.45) is 0 Å². The minimum absolute atomic E-state index is 0.0336. The Morgan fingerprint density at radius 1 is 0.833 bits per heavy atom. The summed E-state index contributed by atoms with van der Waals surface area (Å²) in [5.41, 5.74) is 6.01. The van der Waals surface area contributed by atoms with E-state index in [0.29, 0.717) is 29.5 Å². The van der Waals surface area contributed by atoms with Gasteiger partial charge in [0.05, 0.1) is 5.56 Å². The van der Waals surface area contributed by atoms with Gasteiger partial charge in [-0.15, -0.1) is 0 Å². The highest BCUT2D eigenvalue weighted by Gasteiger charge is 2.32. The van der Waals surface area contributed by atoms with Crippen molar-refractivity contribution in [3.63, 3.8) is 0 Å². The number of hydrogen-bond acceptors (Lipinski definition) is 5. The maximum atomic E-state index is 13.0. The fourth-order valence-corrected chi connectivity index (χ4v) is 4.87. The first kappa shape index (κ1) is 27.1. The number of Topliss-reactive ketones (excluding diaryl/α,β-unsaturated/α-hetero) is 1. The second kappa shape index (κ2) is 12.0. The minimum atomic E-state index is -0.310. The van der Waals surface area contributed by atoms with Crippen LogP contribution in [0.1, 0.15) is 92.8 Å². The molecule has 0 saturated carbocycles. The van der Waals surface area contributed by atoms with E-state index in [0.717, 1.165) is 25.7 Å². The number of rotatable bonds is 9. The Labute approximate surface area is 214 Å². The van der Waals surface area contributed by atoms with E-state index in [1.807, 2.05) is 0 Å². The quantitative estimate of drug-likeness (QED) is 0.275. The van der Waals surface area contributed by atoms with Gasteiger partial charge in [0.2, 0.25) is 0 Å². The number of ketones is 1. The molecule has 0 fully saturated rings. The van der Waals surface area contributed by atoms with Gasteiger partial charge in [-0.2, -0.15) is 0 Å². The second-order valence-corrected chi connectivity index (χ2v) is 10.2. The Kier molecular flexibility index (Phi) is 9.03. The minimum Gasteiger partial charge on any atom is -0.508 e. The van der Waals surface area contributed by atoms with Crippen LogP contribution in [0.25, 0.3) is 0 Å². The lowest BCUT2D eigenvalue weighted by atomic mass is 9.76. The molecule has 0 saturated heterocycles. The molecule has 3 rings (SSSR count). The monoisotopic (exact) mass is 490 g/mol. The summed E-state index contributed by atoms with van der Waals surface area (Å²) in [5.74, 6) is -0.889. The van der Waals surface area contributed by atoms with Gasteiger partial charge in [-0.25, -0.2) is 0 Å². The van der Waals surface area contributed by atoms with E-state index >= 15 is 0 Å². The zero-order valence-electron chi connectivity index (χ0n) is 21.8. The fourth-order valence-electron chi connectivity index (χ4n) is 4.87. The molecular weight excluding hydrogens is 452 g/mol. The maximum Gasteiger partial charge on any atom is 0.167 e. The van der Waals surface area contributed by atoms with Crippen molar-refractivity contribution in [1.29, 1.82) is 0 Å². The molecular formula is C31H38O5. The Morgan fingerprint density at radius 2 is 1.50 bits per heavy atom. The number of carbonyl (C=O) groups is 1. The normalized spacial score (nSPS) is 16.1. The zero-order chi connectivity index (χ0) is 26.4. The molecule has 2 aromatic rings. The average molecular weight is 491 g/mol. The van der Waals surface area contributed by atoms with E-state index in [1.54, 1.807) is 6.07 Å². The molecule has 0 radical (unpaired) electrons. The second-order valence-electron chi connectivity index (χ2n) is 10.2. The summed E-state index contributed by atoms with van der Waals surface area (Å²) in [6.07, 6.45) is 11.6. The van der Waals surface area contributed by atoms with E-state index in [-0.39, 0.29) is 46.7 Å². The summed E-state index contributed by atoms with van der Waals surface area (Å²) in [5, 5.41) is 41.1. The fraction of sp³-hybridized carbons (Fsp3) is 0.387. The molecule has 0 spiro atoms. The van der Waals surface area contributed by atoms with Gasteiger partial charge in [-0.1, -0.05) is 41.0 Å². The van der Waals surface area contributed by atoms with Crippen molar-refractivity contribution >= 4 is 5.78 Å². The first-order valence-corrected chi connectivity index (χ1v) is 12.6. The van der Waals surface area contributed by atoms with Gasteiger partial charge in [-0.3, -0.25) is 4.79 Å². The standard InChI is InChI=1S/C31H38O5/c1-19(2)7-5-8-20(3)9-6-10-21(4)11-13-25-26-15-22(24-14-12-23(32)17-27(24)33)16-29(35)31(26)30(36)18-28(25)34/h7,9,11-12,14,17-18,22,32-34,36H,5-6,8,10,13,15-16H2,1-4H3. The third-order valence-corrected chi connectivity index (χ3v) is 6.90. The van der Waals surface area contributed by atoms with Crippen LogP contribution in [0.2, 0.25) is 0 Å². The van der Waals surface area contributed by atoms with Gasteiger partial charge in [0.1, 0.15) is 23.0 Å². The third kappa shape index (κ3) is 6.81. The molecule has 1 atom stereocenters. The molecule has 0 aliphatic heterocycles. The molecule has 0 heterocycles. The summed E-state index contributed by atoms with van der Waals surface area (Å²) in [7, 11) is 0. The smallest absolute Gasteiger partial charge is 0.167 e. The first-order valence-electron chi connectivity index (χ1n) is 12.6. The molecule has 36 heavy (non-hydrogen) atoms. The summed E-state index contributed by atoms with van der Waals surface area (Å²) in [4.78, 5) is 13.0. The zero-order valence-corrected chi connectivity index (χ0v) is 21.8. The molecule has 0 amide bonds. The molecule has 1 unspecified atom stereocenters. The van der Waals surface area contributed by atoms with Gasteiger partial charge in [0.25, 0.3) is 0 Å². The lowest BCUT2D eigenvalue weighted by Crippen LogP contribution is -2.20. The van der Waals surface area contributed by atoms with E-state index in [9.17, 15) is 25.2 Å². The molecule has 192 valence electrons. The van der Waals surface area contributed by atoms with Gasteiger partial charge in [-0.05, 0) is 89.3 Å². The SMILES string of the molecule is CC(C)=CCCC(C)=CCCC(C)=CCc1c(O)cc(O)c2c1CC(c1ccc(O)cc1O)CC2=O. The summed E-state index contributed by atoms with van der Waals surface area (Å²) < 4.78 is 0. The Balaban J connectivity index is 1.77. The Morgan fingerprint density at radius 3 is 2.17 bits per heavy atom. The highest BCUT2D eigenvalue weighted by molar-refractivity contribution is 6.02. The molecule has 5 heteroatoms.